The van der Waals surface area contributed by atoms with Crippen LogP contribution in [0.1, 0.15) is 24.9 Å². The molecule has 0 spiro atoms. The lowest BCUT2D eigenvalue weighted by Gasteiger charge is -2.40. The van der Waals surface area contributed by atoms with Crippen LogP contribution in [0.5, 0.6) is 0 Å². The Bertz CT molecular complexity index is 954. The summed E-state index contributed by atoms with van der Waals surface area (Å²) in [5, 5.41) is 22.3. The molecule has 1 N–H and O–H groups in total. The van der Waals surface area contributed by atoms with E-state index in [0.29, 0.717) is 5.82 Å². The standard InChI is InChI=1S/C21H18N4O2/c1-2-27-21(26)17(14-23)20-24-18-11-7-6-10-16(18)19(12-13-22)25(20)15-8-4-3-5-9-15/h3-11,19,24H,2,12H2,1H3/b20-17+. The fourth-order valence-electron chi connectivity index (χ4n) is 3.15. The van der Waals surface area contributed by atoms with Gasteiger partial charge in [-0.2, -0.15) is 10.5 Å². The zero-order valence-electron chi connectivity index (χ0n) is 14.8. The van der Waals surface area contributed by atoms with Crippen molar-refractivity contribution < 1.29 is 9.53 Å². The van der Waals surface area contributed by atoms with Gasteiger partial charge in [0.05, 0.1) is 25.1 Å². The van der Waals surface area contributed by atoms with E-state index >= 15 is 0 Å². The number of hydrogen-bond donors (Lipinski definition) is 1. The van der Waals surface area contributed by atoms with Gasteiger partial charge < -0.3 is 15.0 Å². The summed E-state index contributed by atoms with van der Waals surface area (Å²) in [7, 11) is 0. The van der Waals surface area contributed by atoms with Gasteiger partial charge in [-0.15, -0.1) is 0 Å². The Morgan fingerprint density at radius 1 is 1.15 bits per heavy atom. The maximum atomic E-state index is 12.4. The predicted octanol–water partition coefficient (Wildman–Crippen LogP) is 3.87. The van der Waals surface area contributed by atoms with Crippen molar-refractivity contribution in [2.45, 2.75) is 19.4 Å². The van der Waals surface area contributed by atoms with Gasteiger partial charge in [0.2, 0.25) is 0 Å². The van der Waals surface area contributed by atoms with E-state index in [1.54, 1.807) is 6.92 Å². The fraction of sp³-hybridized carbons (Fsp3) is 0.190. The van der Waals surface area contributed by atoms with Crippen LogP contribution in [0.4, 0.5) is 11.4 Å². The lowest BCUT2D eigenvalue weighted by molar-refractivity contribution is -0.138. The number of rotatable bonds is 4. The number of nitrogens with zero attached hydrogens (tertiary/aromatic N) is 3. The highest BCUT2D eigenvalue weighted by Crippen LogP contribution is 2.41. The number of nitriles is 2. The number of fused-ring (bicyclic) bond motifs is 1. The lowest BCUT2D eigenvalue weighted by Crippen LogP contribution is -2.38. The van der Waals surface area contributed by atoms with Gasteiger partial charge in [-0.05, 0) is 30.7 Å². The van der Waals surface area contributed by atoms with Gasteiger partial charge in [-0.1, -0.05) is 36.4 Å². The molecule has 1 aliphatic heterocycles. The first-order chi connectivity index (χ1) is 13.2. The Hall–Kier alpha value is -3.77. The van der Waals surface area contributed by atoms with E-state index in [-0.39, 0.29) is 24.6 Å². The predicted molar refractivity (Wildman–Crippen MR) is 101 cm³/mol. The summed E-state index contributed by atoms with van der Waals surface area (Å²) in [6.07, 6.45) is 0.193. The zero-order valence-corrected chi connectivity index (χ0v) is 14.8. The SMILES string of the molecule is CCOC(=O)/C(C#N)=C1\Nc2ccccc2C(CC#N)N1c1ccccc1. The van der Waals surface area contributed by atoms with Crippen molar-refractivity contribution in [3.63, 3.8) is 0 Å². The molecule has 1 unspecified atom stereocenters. The van der Waals surface area contributed by atoms with E-state index in [9.17, 15) is 15.3 Å². The second-order valence-corrected chi connectivity index (χ2v) is 5.85. The molecular formula is C21H18N4O2. The first kappa shape index (κ1) is 18.0. The molecule has 6 heteroatoms. The molecule has 6 nitrogen and oxygen atoms in total. The molecule has 0 radical (unpaired) electrons. The van der Waals surface area contributed by atoms with Crippen LogP contribution in [0.3, 0.4) is 0 Å². The van der Waals surface area contributed by atoms with Gasteiger partial charge in [0.25, 0.3) is 0 Å². The Morgan fingerprint density at radius 2 is 1.85 bits per heavy atom. The summed E-state index contributed by atoms with van der Waals surface area (Å²) in [6, 6.07) is 20.8. The molecule has 0 saturated heterocycles. The highest BCUT2D eigenvalue weighted by atomic mass is 16.5. The number of hydrogen-bond acceptors (Lipinski definition) is 6. The van der Waals surface area contributed by atoms with Crippen LogP contribution in [0.25, 0.3) is 0 Å². The van der Waals surface area contributed by atoms with Gasteiger partial charge >= 0.3 is 5.97 Å². The minimum Gasteiger partial charge on any atom is -0.462 e. The average Bonchev–Trinajstić information content (AvgIpc) is 2.70. The van der Waals surface area contributed by atoms with E-state index in [4.69, 9.17) is 4.74 Å². The molecular weight excluding hydrogens is 340 g/mol. The molecule has 1 atom stereocenters. The molecule has 0 saturated carbocycles. The monoisotopic (exact) mass is 358 g/mol. The Kier molecular flexibility index (Phi) is 5.39. The van der Waals surface area contributed by atoms with Crippen molar-refractivity contribution in [1.82, 2.24) is 0 Å². The number of benzene rings is 2. The number of para-hydroxylation sites is 2. The smallest absolute Gasteiger partial charge is 0.352 e. The third-order valence-corrected chi connectivity index (χ3v) is 4.27. The van der Waals surface area contributed by atoms with Gasteiger partial charge in [0.1, 0.15) is 11.9 Å². The molecule has 0 fully saturated rings. The second kappa shape index (κ2) is 8.07. The number of anilines is 2. The van der Waals surface area contributed by atoms with Gasteiger partial charge in [-0.25, -0.2) is 4.79 Å². The van der Waals surface area contributed by atoms with Gasteiger partial charge in [-0.3, -0.25) is 0 Å². The number of esters is 1. The number of carbonyl (C=O) groups excluding carboxylic acids is 1. The van der Waals surface area contributed by atoms with Crippen LogP contribution < -0.4 is 10.2 Å². The second-order valence-electron chi connectivity index (χ2n) is 5.85. The van der Waals surface area contributed by atoms with Gasteiger partial charge in [0.15, 0.2) is 5.57 Å². The maximum absolute atomic E-state index is 12.4. The van der Waals surface area contributed by atoms with Crippen molar-refractivity contribution >= 4 is 17.3 Å². The molecule has 134 valence electrons. The molecule has 2 aromatic carbocycles. The van der Waals surface area contributed by atoms with Crippen LogP contribution in [-0.4, -0.2) is 12.6 Å². The molecule has 3 rings (SSSR count). The van der Waals surface area contributed by atoms with Crippen molar-refractivity contribution in [2.75, 3.05) is 16.8 Å². The van der Waals surface area contributed by atoms with E-state index in [1.165, 1.54) is 0 Å². The molecule has 27 heavy (non-hydrogen) atoms. The van der Waals surface area contributed by atoms with E-state index < -0.39 is 5.97 Å². The first-order valence-corrected chi connectivity index (χ1v) is 8.60. The number of carbonyl (C=O) groups is 1. The molecule has 0 amide bonds. The van der Waals surface area contributed by atoms with Crippen molar-refractivity contribution in [3.05, 3.63) is 71.6 Å². The topological polar surface area (TPSA) is 89.1 Å². The third-order valence-electron chi connectivity index (χ3n) is 4.27. The van der Waals surface area contributed by atoms with Crippen LogP contribution in [0.2, 0.25) is 0 Å². The Morgan fingerprint density at radius 3 is 2.52 bits per heavy atom. The van der Waals surface area contributed by atoms with E-state index in [1.807, 2.05) is 65.6 Å². The summed E-state index contributed by atoms with van der Waals surface area (Å²) < 4.78 is 5.06. The van der Waals surface area contributed by atoms with Crippen LogP contribution >= 0.6 is 0 Å². The van der Waals surface area contributed by atoms with Crippen molar-refractivity contribution in [3.8, 4) is 12.1 Å². The van der Waals surface area contributed by atoms with Gasteiger partial charge in [0, 0.05) is 11.4 Å². The highest BCUT2D eigenvalue weighted by Gasteiger charge is 2.34. The molecule has 1 heterocycles. The van der Waals surface area contributed by atoms with Crippen LogP contribution in [0, 0.1) is 22.7 Å². The van der Waals surface area contributed by atoms with E-state index in [0.717, 1.165) is 16.9 Å². The molecule has 1 aliphatic rings. The van der Waals surface area contributed by atoms with Crippen LogP contribution in [-0.2, 0) is 9.53 Å². The first-order valence-electron chi connectivity index (χ1n) is 8.60. The molecule has 0 bridgehead atoms. The van der Waals surface area contributed by atoms with Crippen LogP contribution in [0.15, 0.2) is 66.0 Å². The minimum atomic E-state index is -0.696. The number of ether oxygens (including phenoxy) is 1. The largest absolute Gasteiger partial charge is 0.462 e. The molecule has 2 aromatic rings. The van der Waals surface area contributed by atoms with Crippen molar-refractivity contribution in [1.29, 1.82) is 10.5 Å². The summed E-state index contributed by atoms with van der Waals surface area (Å²) in [5.41, 5.74) is 2.33. The normalized spacial score (nSPS) is 17.0. The summed E-state index contributed by atoms with van der Waals surface area (Å²) in [6.45, 7) is 1.86. The highest BCUT2D eigenvalue weighted by molar-refractivity contribution is 5.95. The molecule has 0 aromatic heterocycles. The summed E-state index contributed by atoms with van der Waals surface area (Å²) >= 11 is 0. The Labute approximate surface area is 157 Å². The number of nitrogens with one attached hydrogen (secondary N) is 1. The molecule has 0 aliphatic carbocycles. The Balaban J connectivity index is 2.26. The summed E-state index contributed by atoms with van der Waals surface area (Å²) in [4.78, 5) is 14.2. The third kappa shape index (κ3) is 3.47. The lowest BCUT2D eigenvalue weighted by atomic mass is 9.96. The maximum Gasteiger partial charge on any atom is 0.352 e. The minimum absolute atomic E-state index is 0.127. The summed E-state index contributed by atoms with van der Waals surface area (Å²) in [5.74, 6) is -0.375. The zero-order chi connectivity index (χ0) is 19.2. The average molecular weight is 358 g/mol. The fourth-order valence-corrected chi connectivity index (χ4v) is 3.15. The van der Waals surface area contributed by atoms with E-state index in [2.05, 4.69) is 11.4 Å². The quantitative estimate of drug-likeness (QED) is 0.507. The van der Waals surface area contributed by atoms with Crippen molar-refractivity contribution in [2.24, 2.45) is 0 Å².